The molecule has 1 saturated heterocycles. The Kier molecular flexibility index (Phi) is 10.9. The van der Waals surface area contributed by atoms with E-state index in [2.05, 4.69) is 6.58 Å². The Morgan fingerprint density at radius 1 is 1.07 bits per heavy atom. The average molecular weight is 587 g/mol. The number of ketones is 2. The van der Waals surface area contributed by atoms with E-state index in [1.807, 2.05) is 30.3 Å². The van der Waals surface area contributed by atoms with Crippen molar-refractivity contribution in [2.24, 2.45) is 0 Å². The molecule has 0 aromatic heterocycles. The van der Waals surface area contributed by atoms with Crippen molar-refractivity contribution in [3.8, 4) is 0 Å². The number of benzene rings is 1. The van der Waals surface area contributed by atoms with Crippen molar-refractivity contribution in [3.63, 3.8) is 0 Å². The number of hydrogen-bond acceptors (Lipinski definition) is 11. The summed E-state index contributed by atoms with van der Waals surface area (Å²) in [6.07, 6.45) is -1.75. The molecule has 1 aromatic carbocycles. The lowest BCUT2D eigenvalue weighted by Gasteiger charge is -2.37. The first-order chi connectivity index (χ1) is 19.8. The lowest BCUT2D eigenvalue weighted by molar-refractivity contribution is -0.190. The number of carbonyl (C=O) groups is 5. The summed E-state index contributed by atoms with van der Waals surface area (Å²) in [6.45, 7) is 10.3. The molecule has 1 aromatic rings. The number of esters is 3. The molecule has 7 atom stereocenters. The molecular weight excluding hydrogens is 548 g/mol. The van der Waals surface area contributed by atoms with Gasteiger partial charge in [0.1, 0.15) is 18.3 Å². The van der Waals surface area contributed by atoms with Crippen LogP contribution < -0.4 is 0 Å². The van der Waals surface area contributed by atoms with Crippen LogP contribution in [0.15, 0.2) is 55.1 Å². The third kappa shape index (κ3) is 8.67. The van der Waals surface area contributed by atoms with Crippen LogP contribution in [0.4, 0.5) is 0 Å². The van der Waals surface area contributed by atoms with Crippen LogP contribution in [0.25, 0.3) is 0 Å². The van der Waals surface area contributed by atoms with Crippen molar-refractivity contribution >= 4 is 29.5 Å². The quantitative estimate of drug-likeness (QED) is 0.191. The van der Waals surface area contributed by atoms with Gasteiger partial charge in [-0.1, -0.05) is 36.4 Å². The topological polar surface area (TPSA) is 141 Å². The lowest BCUT2D eigenvalue weighted by Crippen LogP contribution is -2.53. The van der Waals surface area contributed by atoms with E-state index in [-0.39, 0.29) is 19.6 Å². The molecule has 0 saturated carbocycles. The van der Waals surface area contributed by atoms with Gasteiger partial charge in [0.15, 0.2) is 29.9 Å². The van der Waals surface area contributed by atoms with Crippen LogP contribution in [-0.4, -0.2) is 77.8 Å². The summed E-state index contributed by atoms with van der Waals surface area (Å²) in [7, 11) is 0. The van der Waals surface area contributed by atoms with Crippen LogP contribution in [0, 0.1) is 0 Å². The van der Waals surface area contributed by atoms with Gasteiger partial charge in [0.05, 0.1) is 18.3 Å². The van der Waals surface area contributed by atoms with Gasteiger partial charge >= 0.3 is 17.9 Å². The molecule has 0 amide bonds. The molecule has 228 valence electrons. The normalized spacial score (nSPS) is 27.5. The first-order valence-electron chi connectivity index (χ1n) is 13.6. The largest absolute Gasteiger partial charge is 0.462 e. The van der Waals surface area contributed by atoms with Crippen molar-refractivity contribution in [1.82, 2.24) is 0 Å². The third-order valence-electron chi connectivity index (χ3n) is 6.82. The highest BCUT2D eigenvalue weighted by atomic mass is 16.6. The van der Waals surface area contributed by atoms with Crippen molar-refractivity contribution < 1.29 is 52.4 Å². The number of ether oxygens (including phenoxy) is 6. The van der Waals surface area contributed by atoms with E-state index in [4.69, 9.17) is 28.4 Å². The minimum Gasteiger partial charge on any atom is -0.462 e. The van der Waals surface area contributed by atoms with E-state index >= 15 is 0 Å². The smallest absolute Gasteiger partial charge is 0.303 e. The number of hydrogen-bond donors (Lipinski definition) is 0. The van der Waals surface area contributed by atoms with Gasteiger partial charge in [0.2, 0.25) is 0 Å². The second-order valence-electron chi connectivity index (χ2n) is 10.9. The molecule has 11 nitrogen and oxygen atoms in total. The zero-order valence-electron chi connectivity index (χ0n) is 24.5. The fourth-order valence-electron chi connectivity index (χ4n) is 5.02. The minimum atomic E-state index is -1.46. The van der Waals surface area contributed by atoms with E-state index in [1.54, 1.807) is 19.1 Å². The highest BCUT2D eigenvalue weighted by Gasteiger charge is 2.55. The second kappa shape index (κ2) is 14.0. The summed E-state index contributed by atoms with van der Waals surface area (Å²) in [5.41, 5.74) is -1.56. The van der Waals surface area contributed by atoms with Gasteiger partial charge in [-0.25, -0.2) is 0 Å². The van der Waals surface area contributed by atoms with E-state index in [9.17, 15) is 24.0 Å². The van der Waals surface area contributed by atoms with Crippen LogP contribution in [0.1, 0.15) is 53.0 Å². The average Bonchev–Trinajstić information content (AvgIpc) is 3.20. The van der Waals surface area contributed by atoms with E-state index in [0.717, 1.165) is 12.5 Å². The Labute approximate surface area is 245 Å². The molecule has 0 spiro atoms. The highest BCUT2D eigenvalue weighted by Crippen LogP contribution is 2.35. The van der Waals surface area contributed by atoms with Gasteiger partial charge in [-0.05, 0) is 38.0 Å². The Morgan fingerprint density at radius 2 is 1.76 bits per heavy atom. The predicted molar refractivity (Wildman–Crippen MR) is 148 cm³/mol. The SMILES string of the molecule is C=CCC1(C)C=CC(=O)C([C@@H](OC(C)=O)C2OC(CC(C)(COC(C)=O)OC(C)=O)C(OCc3ccccc3)C2=O)O1. The highest BCUT2D eigenvalue weighted by molar-refractivity contribution is 5.97. The molecule has 11 heteroatoms. The molecule has 2 aliphatic rings. The third-order valence-corrected chi connectivity index (χ3v) is 6.82. The molecule has 0 bridgehead atoms. The van der Waals surface area contributed by atoms with E-state index < -0.39 is 71.2 Å². The molecule has 6 unspecified atom stereocenters. The molecule has 42 heavy (non-hydrogen) atoms. The Balaban J connectivity index is 1.97. The lowest BCUT2D eigenvalue weighted by atomic mass is 9.91. The summed E-state index contributed by atoms with van der Waals surface area (Å²) >= 11 is 0. The summed E-state index contributed by atoms with van der Waals surface area (Å²) in [5.74, 6) is -3.08. The van der Waals surface area contributed by atoms with Crippen LogP contribution in [0.3, 0.4) is 0 Å². The van der Waals surface area contributed by atoms with Gasteiger partial charge in [0.25, 0.3) is 0 Å². The summed E-state index contributed by atoms with van der Waals surface area (Å²) in [6, 6.07) is 9.11. The molecule has 2 heterocycles. The minimum absolute atomic E-state index is 0.0370. The number of Topliss-reactive ketones (excluding diaryl/α,β-unsaturated/α-hetero) is 1. The van der Waals surface area contributed by atoms with Gasteiger partial charge < -0.3 is 28.4 Å². The maximum atomic E-state index is 13.9. The van der Waals surface area contributed by atoms with E-state index in [0.29, 0.717) is 6.42 Å². The predicted octanol–water partition coefficient (Wildman–Crippen LogP) is 2.97. The zero-order chi connectivity index (χ0) is 31.1. The van der Waals surface area contributed by atoms with Crippen LogP contribution in [0.5, 0.6) is 0 Å². The zero-order valence-corrected chi connectivity index (χ0v) is 24.5. The molecule has 2 aliphatic heterocycles. The van der Waals surface area contributed by atoms with Crippen LogP contribution in [0.2, 0.25) is 0 Å². The molecule has 0 aliphatic carbocycles. The van der Waals surface area contributed by atoms with Crippen molar-refractivity contribution in [1.29, 1.82) is 0 Å². The van der Waals surface area contributed by atoms with Crippen LogP contribution in [-0.2, 0) is 59.0 Å². The fraction of sp³-hybridized carbons (Fsp3) is 0.516. The maximum absolute atomic E-state index is 13.9. The molecule has 0 N–H and O–H groups in total. The number of rotatable bonds is 13. The molecular formula is C31H38O11. The van der Waals surface area contributed by atoms with Crippen LogP contribution >= 0.6 is 0 Å². The number of carbonyl (C=O) groups excluding carboxylic acids is 5. The van der Waals surface area contributed by atoms with Gasteiger partial charge in [0, 0.05) is 27.2 Å². The van der Waals surface area contributed by atoms with Gasteiger partial charge in [-0.2, -0.15) is 0 Å². The van der Waals surface area contributed by atoms with Crippen molar-refractivity contribution in [2.75, 3.05) is 6.61 Å². The first-order valence-corrected chi connectivity index (χ1v) is 13.6. The molecule has 1 fully saturated rings. The Bertz CT molecular complexity index is 1210. The van der Waals surface area contributed by atoms with Gasteiger partial charge in [-0.3, -0.25) is 24.0 Å². The first kappa shape index (κ1) is 32.8. The second-order valence-corrected chi connectivity index (χ2v) is 10.9. The fourth-order valence-corrected chi connectivity index (χ4v) is 5.02. The molecule has 3 rings (SSSR count). The monoisotopic (exact) mass is 586 g/mol. The maximum Gasteiger partial charge on any atom is 0.303 e. The summed E-state index contributed by atoms with van der Waals surface area (Å²) < 4.78 is 34.5. The summed E-state index contributed by atoms with van der Waals surface area (Å²) in [4.78, 5) is 62.7. The van der Waals surface area contributed by atoms with Crippen molar-refractivity contribution in [2.45, 2.75) is 95.8 Å². The molecule has 0 radical (unpaired) electrons. The summed E-state index contributed by atoms with van der Waals surface area (Å²) in [5, 5.41) is 0. The standard InChI is InChI=1S/C31H38O11/c1-7-14-30(5)15-13-23(35)26(42-30)29(39-20(3)33)28-25(36)27(37-17-22-11-9-8-10-12-22)24(40-28)16-31(6,41-21(4)34)18-38-19(2)32/h7-13,15,24,26-29H,1,14,16-18H2,2-6H3/t24?,26?,27?,28?,29-,30?,31?/m1/s1. The van der Waals surface area contributed by atoms with Gasteiger partial charge in [-0.15, -0.1) is 6.58 Å². The van der Waals surface area contributed by atoms with Crippen molar-refractivity contribution in [3.05, 3.63) is 60.7 Å². The Morgan fingerprint density at radius 3 is 2.36 bits per heavy atom. The Hall–Kier alpha value is -3.67. The van der Waals surface area contributed by atoms with E-state index in [1.165, 1.54) is 26.8 Å².